The number of carbonyl (C=O) groups is 2. The van der Waals surface area contributed by atoms with E-state index in [0.717, 1.165) is 21.3 Å². The fourth-order valence-electron chi connectivity index (χ4n) is 3.22. The Morgan fingerprint density at radius 1 is 1.07 bits per heavy atom. The molecule has 3 N–H and O–H groups in total. The molecule has 0 unspecified atom stereocenters. The first-order valence-corrected chi connectivity index (χ1v) is 10.8. The lowest BCUT2D eigenvalue weighted by Gasteiger charge is -2.07. The number of thiophene rings is 1. The lowest BCUT2D eigenvalue weighted by atomic mass is 10.1. The van der Waals surface area contributed by atoms with E-state index in [0.29, 0.717) is 10.8 Å². The molecule has 0 aliphatic rings. The standard InChI is InChI=1S/C21H15N5O2S2/c1-11(27)23-21-25-16(10-29-21)20(28)24-14-6-13-9-22-26-19(13)15(8-14)18-7-12-4-2-3-5-17(12)30-18/h2-10H,1H3,(H,22,26)(H,24,28)(H,23,25,27). The van der Waals surface area contributed by atoms with Gasteiger partial charge in [-0.15, -0.1) is 22.7 Å². The zero-order valence-corrected chi connectivity index (χ0v) is 17.4. The highest BCUT2D eigenvalue weighted by atomic mass is 32.1. The second-order valence-electron chi connectivity index (χ2n) is 6.68. The second kappa shape index (κ2) is 7.36. The summed E-state index contributed by atoms with van der Waals surface area (Å²) in [4.78, 5) is 29.1. The normalized spacial score (nSPS) is 11.1. The summed E-state index contributed by atoms with van der Waals surface area (Å²) in [6.07, 6.45) is 1.74. The Morgan fingerprint density at radius 2 is 1.93 bits per heavy atom. The van der Waals surface area contributed by atoms with Gasteiger partial charge in [-0.05, 0) is 29.7 Å². The van der Waals surface area contributed by atoms with Crippen LogP contribution in [0.5, 0.6) is 0 Å². The number of nitrogens with zero attached hydrogens (tertiary/aromatic N) is 2. The molecule has 3 aromatic heterocycles. The van der Waals surface area contributed by atoms with Crippen molar-refractivity contribution in [1.82, 2.24) is 15.2 Å². The number of hydrogen-bond donors (Lipinski definition) is 3. The minimum atomic E-state index is -0.340. The molecular weight excluding hydrogens is 418 g/mol. The van der Waals surface area contributed by atoms with E-state index in [-0.39, 0.29) is 17.5 Å². The van der Waals surface area contributed by atoms with E-state index < -0.39 is 0 Å². The summed E-state index contributed by atoms with van der Waals surface area (Å²) in [5, 5.41) is 16.8. The van der Waals surface area contributed by atoms with E-state index in [2.05, 4.69) is 44.0 Å². The van der Waals surface area contributed by atoms with Crippen molar-refractivity contribution in [3.63, 3.8) is 0 Å². The van der Waals surface area contributed by atoms with Crippen LogP contribution in [0.1, 0.15) is 17.4 Å². The largest absolute Gasteiger partial charge is 0.321 e. The second-order valence-corrected chi connectivity index (χ2v) is 8.62. The molecule has 3 heterocycles. The van der Waals surface area contributed by atoms with Gasteiger partial charge in [0.1, 0.15) is 5.69 Å². The highest BCUT2D eigenvalue weighted by Crippen LogP contribution is 2.38. The van der Waals surface area contributed by atoms with Crippen LogP contribution < -0.4 is 10.6 Å². The maximum atomic E-state index is 12.7. The van der Waals surface area contributed by atoms with Gasteiger partial charge in [-0.3, -0.25) is 14.7 Å². The van der Waals surface area contributed by atoms with Crippen molar-refractivity contribution >= 4 is 66.3 Å². The van der Waals surface area contributed by atoms with Gasteiger partial charge in [0.15, 0.2) is 5.13 Å². The van der Waals surface area contributed by atoms with Gasteiger partial charge in [-0.2, -0.15) is 5.10 Å². The predicted molar refractivity (Wildman–Crippen MR) is 121 cm³/mol. The number of rotatable bonds is 4. The highest BCUT2D eigenvalue weighted by molar-refractivity contribution is 7.22. The lowest BCUT2D eigenvalue weighted by molar-refractivity contribution is -0.114. The number of benzene rings is 2. The van der Waals surface area contributed by atoms with E-state index in [1.165, 1.54) is 28.3 Å². The van der Waals surface area contributed by atoms with Gasteiger partial charge >= 0.3 is 0 Å². The Kier molecular flexibility index (Phi) is 4.53. The molecule has 0 fully saturated rings. The van der Waals surface area contributed by atoms with Gasteiger partial charge in [0, 0.05) is 38.5 Å². The SMILES string of the molecule is CC(=O)Nc1nc(C(=O)Nc2cc(-c3cc4ccccc4s3)c3[nH]ncc3c2)cs1. The molecule has 0 saturated carbocycles. The minimum Gasteiger partial charge on any atom is -0.321 e. The van der Waals surface area contributed by atoms with Crippen LogP contribution in [0.25, 0.3) is 31.4 Å². The third-order valence-corrected chi connectivity index (χ3v) is 6.42. The summed E-state index contributed by atoms with van der Waals surface area (Å²) >= 11 is 2.90. The molecular formula is C21H15N5O2S2. The molecule has 5 aromatic rings. The monoisotopic (exact) mass is 433 g/mol. The third kappa shape index (κ3) is 3.44. The third-order valence-electron chi connectivity index (χ3n) is 4.52. The lowest BCUT2D eigenvalue weighted by Crippen LogP contribution is -2.13. The number of anilines is 2. The van der Waals surface area contributed by atoms with Crippen LogP contribution in [0.3, 0.4) is 0 Å². The van der Waals surface area contributed by atoms with E-state index in [9.17, 15) is 9.59 Å². The van der Waals surface area contributed by atoms with Crippen LogP contribution in [0.4, 0.5) is 10.8 Å². The van der Waals surface area contributed by atoms with Gasteiger partial charge in [0.2, 0.25) is 5.91 Å². The average molecular weight is 434 g/mol. The van der Waals surface area contributed by atoms with E-state index in [1.54, 1.807) is 22.9 Å². The summed E-state index contributed by atoms with van der Waals surface area (Å²) < 4.78 is 1.20. The van der Waals surface area contributed by atoms with Gasteiger partial charge in [0.25, 0.3) is 5.91 Å². The Hall–Kier alpha value is -3.56. The molecule has 0 saturated heterocycles. The number of aromatic amines is 1. The number of thiazole rings is 1. The summed E-state index contributed by atoms with van der Waals surface area (Å²) in [5.41, 5.74) is 2.79. The zero-order valence-electron chi connectivity index (χ0n) is 15.7. The Bertz CT molecular complexity index is 1380. The van der Waals surface area contributed by atoms with Gasteiger partial charge in [-0.1, -0.05) is 18.2 Å². The van der Waals surface area contributed by atoms with E-state index in [4.69, 9.17) is 0 Å². The van der Waals surface area contributed by atoms with Gasteiger partial charge in [0.05, 0.1) is 11.7 Å². The molecule has 2 amide bonds. The molecule has 2 aromatic carbocycles. The summed E-state index contributed by atoms with van der Waals surface area (Å²) in [6.45, 7) is 1.40. The molecule has 5 rings (SSSR count). The molecule has 0 radical (unpaired) electrons. The van der Waals surface area contributed by atoms with Crippen molar-refractivity contribution in [2.45, 2.75) is 6.92 Å². The number of fused-ring (bicyclic) bond motifs is 2. The van der Waals surface area contributed by atoms with Crippen molar-refractivity contribution in [3.05, 3.63) is 59.7 Å². The van der Waals surface area contributed by atoms with Crippen LogP contribution in [-0.2, 0) is 4.79 Å². The topological polar surface area (TPSA) is 99.8 Å². The number of hydrogen-bond acceptors (Lipinski definition) is 6. The predicted octanol–water partition coefficient (Wildman–Crippen LogP) is 5.11. The molecule has 0 bridgehead atoms. The maximum Gasteiger partial charge on any atom is 0.275 e. The van der Waals surface area contributed by atoms with Crippen LogP contribution in [0, 0.1) is 0 Å². The number of amides is 2. The fraction of sp³-hybridized carbons (Fsp3) is 0.0476. The van der Waals surface area contributed by atoms with Gasteiger partial charge < -0.3 is 10.6 Å². The maximum absolute atomic E-state index is 12.7. The van der Waals surface area contributed by atoms with Crippen molar-refractivity contribution in [3.8, 4) is 10.4 Å². The van der Waals surface area contributed by atoms with Crippen LogP contribution in [0.2, 0.25) is 0 Å². The number of nitrogens with one attached hydrogen (secondary N) is 3. The quantitative estimate of drug-likeness (QED) is 0.367. The molecule has 9 heteroatoms. The number of aromatic nitrogens is 3. The van der Waals surface area contributed by atoms with Crippen molar-refractivity contribution in [2.75, 3.05) is 10.6 Å². The molecule has 0 aliphatic carbocycles. The Balaban J connectivity index is 1.50. The minimum absolute atomic E-state index is 0.227. The van der Waals surface area contributed by atoms with Crippen LogP contribution in [0.15, 0.2) is 54.0 Å². The Labute approximate surface area is 178 Å². The molecule has 0 spiro atoms. The number of carbonyl (C=O) groups excluding carboxylic acids is 2. The first-order valence-electron chi connectivity index (χ1n) is 9.07. The molecule has 30 heavy (non-hydrogen) atoms. The first kappa shape index (κ1) is 18.5. The first-order chi connectivity index (χ1) is 14.6. The van der Waals surface area contributed by atoms with Crippen molar-refractivity contribution in [1.29, 1.82) is 0 Å². The highest BCUT2D eigenvalue weighted by Gasteiger charge is 2.15. The molecule has 0 atom stereocenters. The van der Waals surface area contributed by atoms with Crippen LogP contribution >= 0.6 is 22.7 Å². The fourth-order valence-corrected chi connectivity index (χ4v) is 5.04. The number of H-pyrrole nitrogens is 1. The summed E-state index contributed by atoms with van der Waals surface area (Å²) in [6, 6.07) is 14.2. The van der Waals surface area contributed by atoms with Gasteiger partial charge in [-0.25, -0.2) is 4.98 Å². The average Bonchev–Trinajstić information content (AvgIpc) is 3.45. The molecule has 0 aliphatic heterocycles. The van der Waals surface area contributed by atoms with Crippen molar-refractivity contribution in [2.24, 2.45) is 0 Å². The van der Waals surface area contributed by atoms with Crippen LogP contribution in [-0.4, -0.2) is 27.0 Å². The molecule has 148 valence electrons. The van der Waals surface area contributed by atoms with Crippen molar-refractivity contribution < 1.29 is 9.59 Å². The molecule has 7 nitrogen and oxygen atoms in total. The van der Waals surface area contributed by atoms with E-state index in [1.807, 2.05) is 24.3 Å². The smallest absolute Gasteiger partial charge is 0.275 e. The van der Waals surface area contributed by atoms with E-state index >= 15 is 0 Å². The summed E-state index contributed by atoms with van der Waals surface area (Å²) in [7, 11) is 0. The summed E-state index contributed by atoms with van der Waals surface area (Å²) in [5.74, 6) is -0.567. The zero-order chi connectivity index (χ0) is 20.7. The Morgan fingerprint density at radius 3 is 2.77 bits per heavy atom.